The lowest BCUT2D eigenvalue weighted by Gasteiger charge is -2.17. The summed E-state index contributed by atoms with van der Waals surface area (Å²) in [5.74, 6) is 0. The number of benzene rings is 17. The van der Waals surface area contributed by atoms with Gasteiger partial charge in [0.1, 0.15) is 0 Å². The Kier molecular flexibility index (Phi) is 17.1. The van der Waals surface area contributed by atoms with Gasteiger partial charge >= 0.3 is 0 Å². The number of nitrogens with zero attached hydrogens (tertiary/aromatic N) is 8. The molecule has 574 valence electrons. The van der Waals surface area contributed by atoms with Crippen LogP contribution in [0.3, 0.4) is 0 Å². The molecule has 8 heteroatoms. The largest absolute Gasteiger partial charge is 0.254 e. The Morgan fingerprint density at radius 1 is 0.129 bits per heavy atom. The predicted octanol–water partition coefficient (Wildman–Crippen LogP) is 30.2. The summed E-state index contributed by atoms with van der Waals surface area (Å²) in [6, 6.07) is 147. The zero-order valence-corrected chi connectivity index (χ0v) is 67.0. The molecule has 0 saturated carbocycles. The average Bonchev–Trinajstić information content (AvgIpc) is 0.732. The van der Waals surface area contributed by atoms with Gasteiger partial charge in [0.2, 0.25) is 0 Å². The van der Waals surface area contributed by atoms with E-state index in [0.29, 0.717) is 0 Å². The number of fused-ring (bicyclic) bond motifs is 15. The first-order valence-corrected chi connectivity index (χ1v) is 42.0. The molecule has 17 aromatic carbocycles. The summed E-state index contributed by atoms with van der Waals surface area (Å²) >= 11 is 0. The molecule has 8 aromatic heterocycles. The van der Waals surface area contributed by atoms with Gasteiger partial charge < -0.3 is 0 Å². The number of hydrogen-bond acceptors (Lipinski definition) is 8. The molecule has 0 aliphatic carbocycles. The Hall–Kier alpha value is -16.7. The van der Waals surface area contributed by atoms with Crippen molar-refractivity contribution in [3.63, 3.8) is 0 Å². The Morgan fingerprint density at radius 3 is 0.847 bits per heavy atom. The Labute approximate surface area is 713 Å². The van der Waals surface area contributed by atoms with E-state index in [-0.39, 0.29) is 0 Å². The van der Waals surface area contributed by atoms with E-state index < -0.39 is 0 Å². The molecule has 0 unspecified atom stereocenters. The van der Waals surface area contributed by atoms with Gasteiger partial charge in [0, 0.05) is 88.9 Å². The van der Waals surface area contributed by atoms with Gasteiger partial charge in [0.15, 0.2) is 0 Å². The van der Waals surface area contributed by atoms with Crippen LogP contribution < -0.4 is 0 Å². The minimum Gasteiger partial charge on any atom is -0.254 e. The lowest BCUT2D eigenvalue weighted by molar-refractivity contribution is 1.38. The molecule has 0 saturated heterocycles. The highest BCUT2D eigenvalue weighted by atomic mass is 14.8. The van der Waals surface area contributed by atoms with Crippen LogP contribution >= 0.6 is 0 Å². The lowest BCUT2D eigenvalue weighted by atomic mass is 9.88. The molecule has 0 fully saturated rings. The van der Waals surface area contributed by atoms with Gasteiger partial charge in [0.05, 0.1) is 78.3 Å². The fourth-order valence-electron chi connectivity index (χ4n) is 18.6. The summed E-state index contributed by atoms with van der Waals surface area (Å²) in [5, 5.41) is 20.2. The van der Waals surface area contributed by atoms with Crippen LogP contribution in [0.15, 0.2) is 425 Å². The maximum absolute atomic E-state index is 5.44. The number of pyridine rings is 8. The SMILES string of the molecule is c1ccc(-c2cc(-c3ccccc3)cc(-c3ccc4cc(-c5ccc6ccc(-c7c8ccccc8c(-c8ccc9ccc%10cccnc%10c9n8)c8ccccc78)nc6c5)ccc4n3)c2)cc1.c1ccc2cc(-c3ccc4cc(-c5ccc6ccc(-c7c8ccccc8c(-c8ccc9ccc%10cccnc%10c9n8)c8ccccc78)nc6c5)ccc4n3)ccc2c1. The summed E-state index contributed by atoms with van der Waals surface area (Å²) in [6.07, 6.45) is 3.69. The second-order valence-corrected chi connectivity index (χ2v) is 32.0. The minimum absolute atomic E-state index is 0.907. The van der Waals surface area contributed by atoms with Crippen molar-refractivity contribution in [2.45, 2.75) is 0 Å². The summed E-state index contributed by atoms with van der Waals surface area (Å²) < 4.78 is 0. The highest BCUT2D eigenvalue weighted by molar-refractivity contribution is 6.23. The zero-order chi connectivity index (χ0) is 81.7. The third-order valence-corrected chi connectivity index (χ3v) is 24.7. The highest BCUT2D eigenvalue weighted by Crippen LogP contribution is 2.47. The van der Waals surface area contributed by atoms with E-state index in [1.807, 2.05) is 24.5 Å². The molecule has 25 aromatic rings. The normalized spacial score (nSPS) is 11.7. The quantitative estimate of drug-likeness (QED) is 0.0985. The van der Waals surface area contributed by atoms with Gasteiger partial charge in [-0.1, -0.05) is 303 Å². The summed E-state index contributed by atoms with van der Waals surface area (Å²) in [4.78, 5) is 41.3. The maximum atomic E-state index is 5.44. The zero-order valence-electron chi connectivity index (χ0n) is 67.0. The third-order valence-electron chi connectivity index (χ3n) is 24.7. The van der Waals surface area contributed by atoms with Crippen LogP contribution in [0.1, 0.15) is 0 Å². The van der Waals surface area contributed by atoms with Crippen molar-refractivity contribution < 1.29 is 0 Å². The molecule has 8 heterocycles. The second kappa shape index (κ2) is 29.7. The van der Waals surface area contributed by atoms with Crippen LogP contribution in [-0.2, 0) is 0 Å². The van der Waals surface area contributed by atoms with Crippen molar-refractivity contribution in [2.75, 3.05) is 0 Å². The Balaban J connectivity index is 0.000000141. The van der Waals surface area contributed by atoms with E-state index in [2.05, 4.69) is 400 Å². The first-order valence-electron chi connectivity index (χ1n) is 42.0. The molecular weight excluding hydrogens is 1510 g/mol. The van der Waals surface area contributed by atoms with E-state index in [0.717, 1.165) is 220 Å². The first-order chi connectivity index (χ1) is 61.4. The van der Waals surface area contributed by atoms with Crippen molar-refractivity contribution in [1.29, 1.82) is 0 Å². The van der Waals surface area contributed by atoms with Crippen LogP contribution in [0.2, 0.25) is 0 Å². The molecular formula is C116H70N8. The molecule has 0 amide bonds. The molecule has 124 heavy (non-hydrogen) atoms. The van der Waals surface area contributed by atoms with Gasteiger partial charge in [-0.3, -0.25) is 9.97 Å². The number of aromatic nitrogens is 8. The Morgan fingerprint density at radius 2 is 0.411 bits per heavy atom. The first kappa shape index (κ1) is 71.4. The van der Waals surface area contributed by atoms with E-state index in [9.17, 15) is 0 Å². The van der Waals surface area contributed by atoms with Crippen molar-refractivity contribution in [3.8, 4) is 112 Å². The van der Waals surface area contributed by atoms with Crippen molar-refractivity contribution in [3.05, 3.63) is 425 Å². The van der Waals surface area contributed by atoms with E-state index in [1.54, 1.807) is 0 Å². The van der Waals surface area contributed by atoms with Crippen molar-refractivity contribution in [2.24, 2.45) is 0 Å². The topological polar surface area (TPSA) is 103 Å². The van der Waals surface area contributed by atoms with Gasteiger partial charge in [0.25, 0.3) is 0 Å². The van der Waals surface area contributed by atoms with Gasteiger partial charge in [-0.2, -0.15) is 0 Å². The molecule has 0 aliphatic heterocycles. The van der Waals surface area contributed by atoms with Crippen LogP contribution in [0, 0.1) is 0 Å². The summed E-state index contributed by atoms with van der Waals surface area (Å²) in [7, 11) is 0. The molecule has 0 N–H and O–H groups in total. The lowest BCUT2D eigenvalue weighted by Crippen LogP contribution is -1.95. The average molecular weight is 1580 g/mol. The van der Waals surface area contributed by atoms with Crippen molar-refractivity contribution >= 4 is 141 Å². The molecule has 25 rings (SSSR count). The summed E-state index contributed by atoms with van der Waals surface area (Å²) in [5.41, 5.74) is 28.9. The molecule has 0 spiro atoms. The van der Waals surface area contributed by atoms with Crippen LogP contribution in [-0.4, -0.2) is 39.9 Å². The van der Waals surface area contributed by atoms with E-state index in [1.165, 1.54) is 33.0 Å². The molecule has 0 atom stereocenters. The fraction of sp³-hybridized carbons (Fsp3) is 0. The fourth-order valence-corrected chi connectivity index (χ4v) is 18.6. The van der Waals surface area contributed by atoms with E-state index >= 15 is 0 Å². The highest BCUT2D eigenvalue weighted by Gasteiger charge is 2.23. The standard InChI is InChI=1S/C62H38N4.C54H32N4/c1-3-12-39(13-4-1)47-35-48(40-14-5-2-6-15-40)37-49(36-47)55-30-28-46-34-44(27-29-54(46)64-55)45-24-21-41-25-31-56(65-58(41)38-45)59-50-17-7-9-19-52(50)60(53-20-10-8-18-51(53)59)57-32-26-43-23-22-42-16-11-33-63-61(42)62(43)66-57;1-2-9-37-30-40(20-15-33(37)8-1)47-26-24-41-31-38(23-25-46(41)56-47)39-19-16-34-21-27-48(57-50(34)32-39)51-42-11-3-5-13-44(42)52(45-14-6-4-12-43(45)51)49-28-22-36-18-17-35-10-7-29-55-53(35)54(36)58-49/h1-38H;1-32H. The monoisotopic (exact) mass is 1570 g/mol. The number of rotatable bonds is 10. The van der Waals surface area contributed by atoms with Gasteiger partial charge in [-0.25, -0.2) is 29.9 Å². The maximum Gasteiger partial charge on any atom is 0.0972 e. The number of hydrogen-bond donors (Lipinski definition) is 0. The second-order valence-electron chi connectivity index (χ2n) is 32.0. The summed E-state index contributed by atoms with van der Waals surface area (Å²) in [6.45, 7) is 0. The third kappa shape index (κ3) is 12.6. The van der Waals surface area contributed by atoms with Crippen LogP contribution in [0.5, 0.6) is 0 Å². The molecule has 0 radical (unpaired) electrons. The minimum atomic E-state index is 0.907. The molecule has 8 nitrogen and oxygen atoms in total. The molecule has 0 aliphatic rings. The van der Waals surface area contributed by atoms with Gasteiger partial charge in [-0.15, -0.1) is 0 Å². The van der Waals surface area contributed by atoms with Crippen LogP contribution in [0.4, 0.5) is 0 Å². The van der Waals surface area contributed by atoms with Crippen LogP contribution in [0.25, 0.3) is 253 Å². The molecule has 0 bridgehead atoms. The predicted molar refractivity (Wildman–Crippen MR) is 517 cm³/mol. The van der Waals surface area contributed by atoms with Crippen molar-refractivity contribution in [1.82, 2.24) is 39.9 Å². The van der Waals surface area contributed by atoms with E-state index in [4.69, 9.17) is 39.9 Å². The van der Waals surface area contributed by atoms with Gasteiger partial charge in [-0.05, 0) is 208 Å². The Bertz CT molecular complexity index is 8540. The smallest absolute Gasteiger partial charge is 0.0972 e.